The van der Waals surface area contributed by atoms with E-state index in [4.69, 9.17) is 10.8 Å². The Bertz CT molecular complexity index is 519. The van der Waals surface area contributed by atoms with Crippen molar-refractivity contribution in [2.45, 2.75) is 44.9 Å². The van der Waals surface area contributed by atoms with Crippen LogP contribution in [0.4, 0.5) is 0 Å². The fourth-order valence-corrected chi connectivity index (χ4v) is 2.86. The summed E-state index contributed by atoms with van der Waals surface area (Å²) in [6, 6.07) is 0. The number of allylic oxidation sites excluding steroid dienone is 2. The minimum Gasteiger partial charge on any atom is -0.383 e. The summed E-state index contributed by atoms with van der Waals surface area (Å²) in [6.07, 6.45) is 9.33. The molecule has 0 N–H and O–H groups in total. The molecular weight excluding hydrogens is 607 g/mol. The summed E-state index contributed by atoms with van der Waals surface area (Å²) in [7, 11) is 18.5. The zero-order valence-corrected chi connectivity index (χ0v) is 24.2. The van der Waals surface area contributed by atoms with Gasteiger partial charge in [0, 0.05) is 118 Å². The van der Waals surface area contributed by atoms with Crippen LogP contribution in [0.1, 0.15) is 38.5 Å². The van der Waals surface area contributed by atoms with Crippen LogP contribution < -0.4 is 0 Å². The van der Waals surface area contributed by atoms with Crippen LogP contribution in [-0.4, -0.2) is 98.9 Å². The van der Waals surface area contributed by atoms with E-state index >= 15 is 0 Å². The first kappa shape index (κ1) is 31.6. The van der Waals surface area contributed by atoms with Gasteiger partial charge in [-0.25, -0.2) is 0 Å². The molecule has 2 radical (unpaired) electrons. The average Bonchev–Trinajstić information content (AvgIpc) is 3.28. The molecule has 2 aliphatic rings. The number of ketones is 2. The van der Waals surface area contributed by atoms with Gasteiger partial charge in [0.15, 0.2) is 5.78 Å². The first-order valence-electron chi connectivity index (χ1n) is 10.2. The summed E-state index contributed by atoms with van der Waals surface area (Å²) < 4.78 is 15.0. The summed E-state index contributed by atoms with van der Waals surface area (Å²) in [4.78, 5) is 27.7. The second-order valence-electron chi connectivity index (χ2n) is 7.55. The molecule has 30 heavy (non-hydrogen) atoms. The molecule has 0 heterocycles. The molecule has 2 aliphatic carbocycles. The van der Waals surface area contributed by atoms with Crippen LogP contribution in [0.3, 0.4) is 0 Å². The number of carbonyl (C=O) groups excluding carboxylic acids is 2. The average molecular weight is 648 g/mol. The molecule has 0 aliphatic heterocycles. The van der Waals surface area contributed by atoms with E-state index in [1.165, 1.54) is 0 Å². The Morgan fingerprint density at radius 2 is 1.20 bits per heavy atom. The molecule has 2 fully saturated rings. The molecule has 9 heteroatoms. The van der Waals surface area contributed by atoms with Crippen LogP contribution in [0, 0.1) is 31.1 Å². The Morgan fingerprint density at radius 3 is 1.37 bits per heavy atom. The zero-order valence-electron chi connectivity index (χ0n) is 21.0. The van der Waals surface area contributed by atoms with E-state index in [1.54, 1.807) is 14.2 Å². The predicted molar refractivity (Wildman–Crippen MR) is 120 cm³/mol. The summed E-state index contributed by atoms with van der Waals surface area (Å²) in [5, 5.41) is 0. The van der Waals surface area contributed by atoms with Crippen LogP contribution in [-0.2, 0) is 19.1 Å². The van der Waals surface area contributed by atoms with Crippen molar-refractivity contribution in [2.24, 2.45) is 0 Å². The number of methoxy groups -OCH3 is 2. The van der Waals surface area contributed by atoms with E-state index in [0.717, 1.165) is 49.7 Å². The van der Waals surface area contributed by atoms with E-state index < -0.39 is 0 Å². The molecule has 0 bridgehead atoms. The van der Waals surface area contributed by atoms with Crippen molar-refractivity contribution in [3.05, 3.63) is 23.5 Å². The number of rotatable bonds is 5. The minimum atomic E-state index is -0.213. The monoisotopic (exact) mass is 648 g/mol. The third-order valence-electron chi connectivity index (χ3n) is 4.06. The number of ether oxygens (including phenoxy) is 2. The first-order chi connectivity index (χ1) is 14.1. The SMILES string of the molecule is CN(C)/C=C1\CC/C(=C\N(C)C)C1=O.COC(OC)N(C)C.O=C1CCCC1.[2H][B].[U]. The maximum Gasteiger partial charge on any atom is 0.217 e. The number of Topliss-reactive ketones (excluding diaryl/α,β-unsaturated/α-hetero) is 2. The molecule has 0 aromatic rings. The van der Waals surface area contributed by atoms with Gasteiger partial charge in [-0.3, -0.25) is 14.5 Å². The van der Waals surface area contributed by atoms with Gasteiger partial charge in [-0.15, -0.1) is 0 Å². The van der Waals surface area contributed by atoms with Gasteiger partial charge < -0.3 is 19.3 Å². The largest absolute Gasteiger partial charge is 0.383 e. The fourth-order valence-electron chi connectivity index (χ4n) is 2.86. The van der Waals surface area contributed by atoms with Gasteiger partial charge in [-0.1, -0.05) is 0 Å². The van der Waals surface area contributed by atoms with Gasteiger partial charge >= 0.3 is 0 Å². The smallest absolute Gasteiger partial charge is 0.217 e. The second kappa shape index (κ2) is 19.1. The van der Waals surface area contributed by atoms with E-state index in [2.05, 4.69) is 8.38 Å². The first-order valence-corrected chi connectivity index (χ1v) is 9.65. The second-order valence-corrected chi connectivity index (χ2v) is 7.55. The van der Waals surface area contributed by atoms with Gasteiger partial charge in [-0.05, 0) is 41.1 Å². The third-order valence-corrected chi connectivity index (χ3v) is 4.06. The van der Waals surface area contributed by atoms with Crippen LogP contribution in [0.5, 0.6) is 0 Å². The molecule has 0 aromatic heterocycles. The number of carbonyl (C=O) groups is 2. The standard InChI is InChI=1S/C11H18N2O.C5H13NO2.C5H8O.BH.U/c1-12(2)7-9-5-6-10(11(9)14)8-13(3)4;1-6(2)5(7-3)8-4;6-5-3-1-2-4-5;;/h7-8H,5-6H2,1-4H3;5H,1-4H3;1-4H2;1H;/b9-7+,10-8+;;;;/i;;;1D;. The molecule has 0 amide bonds. The maximum atomic E-state index is 11.8. The van der Waals surface area contributed by atoms with Gasteiger partial charge in [-0.2, -0.15) is 0 Å². The van der Waals surface area contributed by atoms with E-state index in [1.807, 2.05) is 69.4 Å². The summed E-state index contributed by atoms with van der Waals surface area (Å²) >= 11 is 0. The zero-order chi connectivity index (χ0) is 23.7. The van der Waals surface area contributed by atoms with Gasteiger partial charge in [0.05, 0.1) is 0 Å². The number of nitrogens with zero attached hydrogens (tertiary/aromatic N) is 3. The minimum absolute atomic E-state index is 0. The Labute approximate surface area is 210 Å². The topological polar surface area (TPSA) is 62.3 Å². The molecule has 0 spiro atoms. The molecule has 0 unspecified atom stereocenters. The maximum absolute atomic E-state index is 11.8. The quantitative estimate of drug-likeness (QED) is 0.257. The van der Waals surface area contributed by atoms with Crippen molar-refractivity contribution in [3.8, 4) is 0 Å². The van der Waals surface area contributed by atoms with Gasteiger partial charge in [0.1, 0.15) is 5.78 Å². The van der Waals surface area contributed by atoms with E-state index in [0.29, 0.717) is 5.78 Å². The Hall–Kier alpha value is -0.583. The predicted octanol–water partition coefficient (Wildman–Crippen LogP) is 1.85. The Morgan fingerprint density at radius 1 is 0.833 bits per heavy atom. The number of hydrogen-bond acceptors (Lipinski definition) is 7. The Balaban J connectivity index is -0.000000393. The molecule has 170 valence electrons. The molecule has 7 nitrogen and oxygen atoms in total. The Kier molecular flexibility index (Phi) is 20.1. The molecule has 2 saturated carbocycles. The van der Waals surface area contributed by atoms with Crippen LogP contribution >= 0.6 is 0 Å². The van der Waals surface area contributed by atoms with Crippen molar-refractivity contribution in [1.82, 2.24) is 14.7 Å². The molecular formula is C21H40BN3O4U. The molecule has 0 atom stereocenters. The molecule has 2 rings (SSSR count). The molecule has 0 saturated heterocycles. The van der Waals surface area contributed by atoms with Gasteiger partial charge in [0.25, 0.3) is 0 Å². The van der Waals surface area contributed by atoms with Crippen molar-refractivity contribution < 1.29 is 50.2 Å². The van der Waals surface area contributed by atoms with Crippen LogP contribution in [0.15, 0.2) is 23.5 Å². The fraction of sp³-hybridized carbons (Fsp3) is 0.714. The van der Waals surface area contributed by atoms with Crippen molar-refractivity contribution >= 4 is 19.9 Å². The van der Waals surface area contributed by atoms with Crippen molar-refractivity contribution in [2.75, 3.05) is 56.5 Å². The number of hydrogen-bond donors (Lipinski definition) is 0. The van der Waals surface area contributed by atoms with Crippen LogP contribution in [0.2, 0.25) is 0 Å². The van der Waals surface area contributed by atoms with Gasteiger partial charge in [0.2, 0.25) is 6.41 Å². The van der Waals surface area contributed by atoms with Crippen LogP contribution in [0.25, 0.3) is 0 Å². The molecule has 0 aromatic carbocycles. The van der Waals surface area contributed by atoms with E-state index in [-0.39, 0.29) is 43.3 Å². The third kappa shape index (κ3) is 15.3. The normalized spacial score (nSPS) is 18.0. The van der Waals surface area contributed by atoms with Crippen molar-refractivity contribution in [3.63, 3.8) is 0 Å². The summed E-state index contributed by atoms with van der Waals surface area (Å²) in [6.45, 7) is 0. The van der Waals surface area contributed by atoms with E-state index in [9.17, 15) is 9.59 Å². The van der Waals surface area contributed by atoms with Crippen molar-refractivity contribution in [1.29, 1.82) is 1.34 Å². The summed E-state index contributed by atoms with van der Waals surface area (Å²) in [5.41, 5.74) is 1.84. The summed E-state index contributed by atoms with van der Waals surface area (Å²) in [5.74, 6) is 0.655.